The molecular formula is C16H25N5O3S. The van der Waals surface area contributed by atoms with Crippen LogP contribution < -0.4 is 5.32 Å². The Bertz CT molecular complexity index is 807. The van der Waals surface area contributed by atoms with Crippen molar-refractivity contribution in [3.05, 3.63) is 36.7 Å². The minimum absolute atomic E-state index is 0.126. The summed E-state index contributed by atoms with van der Waals surface area (Å²) in [6.07, 6.45) is 6.65. The number of imidazole rings is 1. The molecule has 0 aliphatic carbocycles. The molecule has 0 aliphatic heterocycles. The fourth-order valence-corrected chi connectivity index (χ4v) is 4.20. The summed E-state index contributed by atoms with van der Waals surface area (Å²) < 4.78 is 29.9. The van der Waals surface area contributed by atoms with E-state index in [1.165, 1.54) is 21.1 Å². The van der Waals surface area contributed by atoms with Gasteiger partial charge in [-0.15, -0.1) is 0 Å². The first-order valence-corrected chi connectivity index (χ1v) is 9.66. The lowest BCUT2D eigenvalue weighted by atomic mass is 10.3. The number of aromatic nitrogens is 3. The molecule has 0 fully saturated rings. The molecule has 8 nitrogen and oxygen atoms in total. The standard InChI is InChI=1S/C16H25N5O3S/c1-5-21(6-2)25(23,24)14-9-15(19(4)11-14)16(22)18-13(3)10-20-8-7-17-12-20/h7-9,11-13H,5-6,10H2,1-4H3,(H,18,22). The van der Waals surface area contributed by atoms with Crippen molar-refractivity contribution in [2.75, 3.05) is 13.1 Å². The van der Waals surface area contributed by atoms with Crippen molar-refractivity contribution in [3.63, 3.8) is 0 Å². The van der Waals surface area contributed by atoms with Crippen LogP contribution in [0, 0.1) is 0 Å². The Hall–Kier alpha value is -2.13. The summed E-state index contributed by atoms with van der Waals surface area (Å²) in [6.45, 7) is 6.81. The first-order valence-electron chi connectivity index (χ1n) is 8.22. The predicted molar refractivity (Wildman–Crippen MR) is 94.7 cm³/mol. The summed E-state index contributed by atoms with van der Waals surface area (Å²) in [7, 11) is -1.92. The zero-order valence-electron chi connectivity index (χ0n) is 15.0. The van der Waals surface area contributed by atoms with Gasteiger partial charge in [0.15, 0.2) is 0 Å². The molecule has 1 atom stereocenters. The van der Waals surface area contributed by atoms with Crippen LogP contribution in [0.1, 0.15) is 31.3 Å². The highest BCUT2D eigenvalue weighted by Crippen LogP contribution is 2.18. The fourth-order valence-electron chi connectivity index (χ4n) is 2.67. The molecule has 1 amide bonds. The van der Waals surface area contributed by atoms with E-state index in [4.69, 9.17) is 0 Å². The largest absolute Gasteiger partial charge is 0.347 e. The third kappa shape index (κ3) is 4.29. The van der Waals surface area contributed by atoms with E-state index in [0.29, 0.717) is 25.3 Å². The molecule has 0 saturated heterocycles. The molecule has 1 N–H and O–H groups in total. The molecule has 9 heteroatoms. The first-order chi connectivity index (χ1) is 11.8. The molecule has 25 heavy (non-hydrogen) atoms. The highest BCUT2D eigenvalue weighted by molar-refractivity contribution is 7.89. The number of carbonyl (C=O) groups is 1. The lowest BCUT2D eigenvalue weighted by Gasteiger charge is -2.17. The van der Waals surface area contributed by atoms with E-state index >= 15 is 0 Å². The highest BCUT2D eigenvalue weighted by Gasteiger charge is 2.25. The van der Waals surface area contributed by atoms with E-state index in [2.05, 4.69) is 10.3 Å². The van der Waals surface area contributed by atoms with Gasteiger partial charge in [-0.2, -0.15) is 4.31 Å². The number of aryl methyl sites for hydroxylation is 1. The summed E-state index contributed by atoms with van der Waals surface area (Å²) in [5, 5.41) is 2.88. The van der Waals surface area contributed by atoms with Gasteiger partial charge in [0.25, 0.3) is 5.91 Å². The zero-order valence-corrected chi connectivity index (χ0v) is 15.8. The van der Waals surface area contributed by atoms with Crippen LogP contribution in [0.25, 0.3) is 0 Å². The van der Waals surface area contributed by atoms with Gasteiger partial charge in [0.1, 0.15) is 10.6 Å². The second kappa shape index (κ2) is 7.83. The third-order valence-electron chi connectivity index (χ3n) is 3.98. The number of rotatable bonds is 8. The average Bonchev–Trinajstić information content (AvgIpc) is 3.17. The normalized spacial score (nSPS) is 13.2. The highest BCUT2D eigenvalue weighted by atomic mass is 32.2. The molecule has 0 radical (unpaired) electrons. The van der Waals surface area contributed by atoms with Gasteiger partial charge in [0.2, 0.25) is 10.0 Å². The Morgan fingerprint density at radius 3 is 2.60 bits per heavy atom. The van der Waals surface area contributed by atoms with E-state index in [9.17, 15) is 13.2 Å². The Kier molecular flexibility index (Phi) is 6.02. The quantitative estimate of drug-likeness (QED) is 0.756. The second-order valence-electron chi connectivity index (χ2n) is 5.90. The molecular weight excluding hydrogens is 342 g/mol. The number of nitrogens with one attached hydrogen (secondary N) is 1. The van der Waals surface area contributed by atoms with Crippen molar-refractivity contribution in [2.24, 2.45) is 7.05 Å². The van der Waals surface area contributed by atoms with E-state index in [1.54, 1.807) is 33.4 Å². The number of nitrogens with zero attached hydrogens (tertiary/aromatic N) is 4. The topological polar surface area (TPSA) is 89.2 Å². The van der Waals surface area contributed by atoms with E-state index < -0.39 is 10.0 Å². The molecule has 1 unspecified atom stereocenters. The van der Waals surface area contributed by atoms with E-state index in [0.717, 1.165) is 0 Å². The monoisotopic (exact) mass is 367 g/mol. The summed E-state index contributed by atoms with van der Waals surface area (Å²) in [5.74, 6) is -0.309. The molecule has 2 aromatic rings. The minimum Gasteiger partial charge on any atom is -0.347 e. The number of amides is 1. The molecule has 138 valence electrons. The molecule has 0 saturated carbocycles. The van der Waals surface area contributed by atoms with Gasteiger partial charge in [0, 0.05) is 51.3 Å². The van der Waals surface area contributed by atoms with Crippen molar-refractivity contribution in [1.82, 2.24) is 23.7 Å². The van der Waals surface area contributed by atoms with Gasteiger partial charge >= 0.3 is 0 Å². The van der Waals surface area contributed by atoms with Crippen LogP contribution >= 0.6 is 0 Å². The van der Waals surface area contributed by atoms with Gasteiger partial charge in [-0.05, 0) is 13.0 Å². The van der Waals surface area contributed by atoms with Gasteiger partial charge < -0.3 is 14.5 Å². The van der Waals surface area contributed by atoms with Crippen LogP contribution in [0.15, 0.2) is 35.9 Å². The molecule has 0 spiro atoms. The van der Waals surface area contributed by atoms with Gasteiger partial charge in [0.05, 0.1) is 6.33 Å². The summed E-state index contributed by atoms with van der Waals surface area (Å²) in [5.41, 5.74) is 0.309. The van der Waals surface area contributed by atoms with Crippen LogP contribution in [0.3, 0.4) is 0 Å². The van der Waals surface area contributed by atoms with Crippen molar-refractivity contribution in [1.29, 1.82) is 0 Å². The SMILES string of the molecule is CCN(CC)S(=O)(=O)c1cc(C(=O)NC(C)Cn2ccnc2)n(C)c1. The Morgan fingerprint density at radius 2 is 2.04 bits per heavy atom. The Balaban J connectivity index is 2.14. The van der Waals surface area contributed by atoms with E-state index in [1.807, 2.05) is 17.7 Å². The fraction of sp³-hybridized carbons (Fsp3) is 0.500. The average molecular weight is 367 g/mol. The smallest absolute Gasteiger partial charge is 0.268 e. The van der Waals surface area contributed by atoms with Crippen LogP contribution in [-0.2, 0) is 23.6 Å². The molecule has 0 aromatic carbocycles. The van der Waals surface area contributed by atoms with Crippen LogP contribution in [0.5, 0.6) is 0 Å². The maximum absolute atomic E-state index is 12.6. The Morgan fingerprint density at radius 1 is 1.36 bits per heavy atom. The molecule has 2 rings (SSSR count). The minimum atomic E-state index is -3.59. The third-order valence-corrected chi connectivity index (χ3v) is 5.99. The number of hydrogen-bond donors (Lipinski definition) is 1. The van der Waals surface area contributed by atoms with Crippen molar-refractivity contribution < 1.29 is 13.2 Å². The van der Waals surface area contributed by atoms with Crippen LogP contribution in [0.4, 0.5) is 0 Å². The second-order valence-corrected chi connectivity index (χ2v) is 7.83. The molecule has 2 aromatic heterocycles. The first kappa shape index (κ1) is 19.2. The van der Waals surface area contributed by atoms with Gasteiger partial charge in [-0.25, -0.2) is 13.4 Å². The van der Waals surface area contributed by atoms with E-state index in [-0.39, 0.29) is 16.8 Å². The number of hydrogen-bond acceptors (Lipinski definition) is 4. The summed E-state index contributed by atoms with van der Waals surface area (Å²) >= 11 is 0. The van der Waals surface area contributed by atoms with Crippen LogP contribution in [0.2, 0.25) is 0 Å². The summed E-state index contributed by atoms with van der Waals surface area (Å²) in [4.78, 5) is 16.6. The Labute approximate surface area is 148 Å². The molecule has 0 bridgehead atoms. The molecule has 2 heterocycles. The maximum atomic E-state index is 12.6. The zero-order chi connectivity index (χ0) is 18.6. The molecule has 0 aliphatic rings. The van der Waals surface area contributed by atoms with Crippen molar-refractivity contribution in [2.45, 2.75) is 38.3 Å². The van der Waals surface area contributed by atoms with Crippen molar-refractivity contribution >= 4 is 15.9 Å². The van der Waals surface area contributed by atoms with Gasteiger partial charge in [-0.3, -0.25) is 4.79 Å². The number of carbonyl (C=O) groups excluding carboxylic acids is 1. The number of sulfonamides is 1. The van der Waals surface area contributed by atoms with Crippen molar-refractivity contribution in [3.8, 4) is 0 Å². The maximum Gasteiger partial charge on any atom is 0.268 e. The lowest BCUT2D eigenvalue weighted by Crippen LogP contribution is -2.36. The predicted octanol–water partition coefficient (Wildman–Crippen LogP) is 1.07. The lowest BCUT2D eigenvalue weighted by molar-refractivity contribution is 0.0928. The van der Waals surface area contributed by atoms with Gasteiger partial charge in [-0.1, -0.05) is 13.8 Å². The van der Waals surface area contributed by atoms with Crippen LogP contribution in [-0.4, -0.2) is 51.9 Å². The summed E-state index contributed by atoms with van der Waals surface area (Å²) in [6, 6.07) is 1.30.